The summed E-state index contributed by atoms with van der Waals surface area (Å²) in [5.74, 6) is 0.646. The minimum Gasteiger partial charge on any atom is -0.462 e. The number of hydrogen-bond acceptors (Lipinski definition) is 6. The maximum Gasteiger partial charge on any atom is 0.416 e. The maximum atomic E-state index is 13.1. The first-order valence-electron chi connectivity index (χ1n) is 13.7. The number of carbonyl (C=O) groups is 1. The van der Waals surface area contributed by atoms with Crippen LogP contribution in [0.4, 0.5) is 19.0 Å². The van der Waals surface area contributed by atoms with E-state index in [1.165, 1.54) is 18.2 Å². The Hall–Kier alpha value is -4.12. The van der Waals surface area contributed by atoms with Gasteiger partial charge < -0.3 is 24.0 Å². The maximum absolute atomic E-state index is 13.1. The van der Waals surface area contributed by atoms with Crippen LogP contribution < -0.4 is 9.64 Å². The third kappa shape index (κ3) is 5.21. The number of ether oxygens (including phenoxy) is 1. The van der Waals surface area contributed by atoms with Gasteiger partial charge in [-0.25, -0.2) is 0 Å². The minimum atomic E-state index is -4.39. The normalized spacial score (nSPS) is 18.4. The van der Waals surface area contributed by atoms with Gasteiger partial charge in [0, 0.05) is 54.9 Å². The number of halogens is 3. The number of fused-ring (bicyclic) bond motifs is 3. The number of hydrogen-bond donors (Lipinski definition) is 0. The number of likely N-dealkylation sites (N-methyl/N-ethyl adjacent to an activating group) is 1. The van der Waals surface area contributed by atoms with E-state index < -0.39 is 11.7 Å². The molecule has 0 radical (unpaired) electrons. The van der Waals surface area contributed by atoms with Gasteiger partial charge in [-0.3, -0.25) is 4.79 Å². The van der Waals surface area contributed by atoms with Gasteiger partial charge in [0.1, 0.15) is 12.4 Å². The lowest BCUT2D eigenvalue weighted by Crippen LogP contribution is -2.48. The molecule has 214 valence electrons. The fraction of sp³-hybridized carbons (Fsp3) is 0.367. The fourth-order valence-corrected chi connectivity index (χ4v) is 5.74. The predicted octanol–water partition coefficient (Wildman–Crippen LogP) is 4.90. The Labute approximate surface area is 235 Å². The molecular formula is C30H31F3N6O2. The molecule has 6 rings (SSSR count). The second-order valence-electron chi connectivity index (χ2n) is 10.6. The van der Waals surface area contributed by atoms with Crippen LogP contribution in [0.1, 0.15) is 18.4 Å². The van der Waals surface area contributed by atoms with Crippen LogP contribution in [-0.4, -0.2) is 82.7 Å². The zero-order chi connectivity index (χ0) is 28.7. The van der Waals surface area contributed by atoms with E-state index in [4.69, 9.17) is 14.7 Å². The third-order valence-corrected chi connectivity index (χ3v) is 8.11. The molecule has 2 aromatic carbocycles. The zero-order valence-electron chi connectivity index (χ0n) is 22.8. The summed E-state index contributed by atoms with van der Waals surface area (Å²) in [5.41, 5.74) is 1.44. The van der Waals surface area contributed by atoms with Crippen molar-refractivity contribution in [3.63, 3.8) is 0 Å². The highest BCUT2D eigenvalue weighted by molar-refractivity contribution is 6.08. The van der Waals surface area contributed by atoms with Crippen molar-refractivity contribution in [2.24, 2.45) is 0 Å². The van der Waals surface area contributed by atoms with E-state index in [0.717, 1.165) is 53.6 Å². The van der Waals surface area contributed by atoms with Gasteiger partial charge in [0.05, 0.1) is 16.6 Å². The molecule has 41 heavy (non-hydrogen) atoms. The molecule has 0 aliphatic carbocycles. The summed E-state index contributed by atoms with van der Waals surface area (Å²) in [6, 6.07) is 11.5. The first-order chi connectivity index (χ1) is 19.7. The Morgan fingerprint density at radius 3 is 2.44 bits per heavy atom. The highest BCUT2D eigenvalue weighted by atomic mass is 19.4. The Morgan fingerprint density at radius 1 is 1.02 bits per heavy atom. The highest BCUT2D eigenvalue weighted by Crippen LogP contribution is 2.35. The molecule has 2 fully saturated rings. The van der Waals surface area contributed by atoms with Crippen LogP contribution in [0.3, 0.4) is 0 Å². The summed E-state index contributed by atoms with van der Waals surface area (Å²) in [7, 11) is 2.09. The number of piperazine rings is 1. The molecule has 0 saturated carbocycles. The first kappa shape index (κ1) is 27.1. The summed E-state index contributed by atoms with van der Waals surface area (Å²) in [4.78, 5) is 28.0. The number of alkyl halides is 3. The van der Waals surface area contributed by atoms with Gasteiger partial charge in [0.15, 0.2) is 0 Å². The molecule has 2 saturated heterocycles. The molecule has 0 spiro atoms. The molecule has 1 atom stereocenters. The standard InChI is InChI=1S/C30H31F3N6O2/c1-3-26(40)37-15-17-38(18-16-37)28-24-10-11-25-23(12-14-39(25)21-8-6-20(7-9-21)30(31,32)33)27(24)34-29(35-28)41-19-22-5-4-13-36(22)2/h3,6-12,14,22H,1,4-5,13,15-19H2,2H3/t22-/m0/s1. The monoisotopic (exact) mass is 564 g/mol. The average molecular weight is 565 g/mol. The molecule has 2 aliphatic heterocycles. The summed E-state index contributed by atoms with van der Waals surface area (Å²) in [5, 5.41) is 1.69. The third-order valence-electron chi connectivity index (χ3n) is 8.11. The predicted molar refractivity (Wildman–Crippen MR) is 152 cm³/mol. The van der Waals surface area contributed by atoms with Gasteiger partial charge in [0.25, 0.3) is 0 Å². The van der Waals surface area contributed by atoms with E-state index in [1.54, 1.807) is 4.90 Å². The van der Waals surface area contributed by atoms with Gasteiger partial charge in [-0.05, 0) is 75.0 Å². The topological polar surface area (TPSA) is 66.7 Å². The minimum absolute atomic E-state index is 0.0896. The number of likely N-dealkylation sites (tertiary alicyclic amines) is 1. The number of benzene rings is 2. The van der Waals surface area contributed by atoms with Crippen LogP contribution in [0.2, 0.25) is 0 Å². The smallest absolute Gasteiger partial charge is 0.416 e. The van der Waals surface area contributed by atoms with Crippen LogP contribution in [0.25, 0.3) is 27.5 Å². The van der Waals surface area contributed by atoms with E-state index >= 15 is 0 Å². The zero-order valence-corrected chi connectivity index (χ0v) is 22.8. The Balaban J connectivity index is 1.39. The number of aromatic nitrogens is 3. The SMILES string of the molecule is C=CC(=O)N1CCN(c2nc(OC[C@@H]3CCCN3C)nc3c2ccc2c3ccn2-c2ccc(C(F)(F)F)cc2)CC1. The van der Waals surface area contributed by atoms with Crippen LogP contribution in [-0.2, 0) is 11.0 Å². The Morgan fingerprint density at radius 2 is 1.78 bits per heavy atom. The van der Waals surface area contributed by atoms with Crippen molar-refractivity contribution in [3.05, 3.63) is 66.9 Å². The molecule has 0 N–H and O–H groups in total. The van der Waals surface area contributed by atoms with Gasteiger partial charge in [-0.2, -0.15) is 23.1 Å². The van der Waals surface area contributed by atoms with Gasteiger partial charge in [-0.15, -0.1) is 0 Å². The summed E-state index contributed by atoms with van der Waals surface area (Å²) >= 11 is 0. The molecule has 11 heteroatoms. The van der Waals surface area contributed by atoms with E-state index in [-0.39, 0.29) is 11.9 Å². The van der Waals surface area contributed by atoms with Gasteiger partial charge in [0.2, 0.25) is 5.91 Å². The quantitative estimate of drug-likeness (QED) is 0.311. The fourth-order valence-electron chi connectivity index (χ4n) is 5.74. The van der Waals surface area contributed by atoms with E-state index in [9.17, 15) is 18.0 Å². The molecule has 8 nitrogen and oxygen atoms in total. The van der Waals surface area contributed by atoms with Gasteiger partial charge >= 0.3 is 12.2 Å². The first-order valence-corrected chi connectivity index (χ1v) is 13.7. The van der Waals surface area contributed by atoms with Crippen molar-refractivity contribution < 1.29 is 22.7 Å². The lowest BCUT2D eigenvalue weighted by atomic mass is 10.1. The van der Waals surface area contributed by atoms with Crippen molar-refractivity contribution in [3.8, 4) is 11.7 Å². The van der Waals surface area contributed by atoms with Crippen LogP contribution >= 0.6 is 0 Å². The molecule has 1 amide bonds. The second kappa shape index (κ2) is 10.7. The lowest BCUT2D eigenvalue weighted by molar-refractivity contribution is -0.137. The van der Waals surface area contributed by atoms with Crippen LogP contribution in [0.15, 0.2) is 61.3 Å². The van der Waals surface area contributed by atoms with Crippen molar-refractivity contribution in [1.29, 1.82) is 0 Å². The lowest BCUT2D eigenvalue weighted by Gasteiger charge is -2.35. The molecule has 4 aromatic rings. The molecule has 0 bridgehead atoms. The number of nitrogens with zero attached hydrogens (tertiary/aromatic N) is 6. The molecule has 0 unspecified atom stereocenters. The molecular weight excluding hydrogens is 533 g/mol. The highest BCUT2D eigenvalue weighted by Gasteiger charge is 2.30. The summed E-state index contributed by atoms with van der Waals surface area (Å²) < 4.78 is 47.4. The number of carbonyl (C=O) groups excluding carboxylic acids is 1. The molecule has 2 aliphatic rings. The number of rotatable bonds is 6. The molecule has 4 heterocycles. The second-order valence-corrected chi connectivity index (χ2v) is 10.6. The van der Waals surface area contributed by atoms with Crippen molar-refractivity contribution in [2.75, 3.05) is 51.3 Å². The number of anilines is 1. The average Bonchev–Trinajstić information content (AvgIpc) is 3.61. The van der Waals surface area contributed by atoms with E-state index in [2.05, 4.69) is 23.4 Å². The van der Waals surface area contributed by atoms with Crippen molar-refractivity contribution in [2.45, 2.75) is 25.1 Å². The largest absolute Gasteiger partial charge is 0.462 e. The van der Waals surface area contributed by atoms with Crippen LogP contribution in [0.5, 0.6) is 6.01 Å². The van der Waals surface area contributed by atoms with E-state index in [1.807, 2.05) is 29.0 Å². The number of amides is 1. The summed E-state index contributed by atoms with van der Waals surface area (Å²) in [6.07, 6.45) is 0.952. The van der Waals surface area contributed by atoms with Crippen LogP contribution in [0, 0.1) is 0 Å². The van der Waals surface area contributed by atoms with Crippen molar-refractivity contribution >= 4 is 33.5 Å². The van der Waals surface area contributed by atoms with Gasteiger partial charge in [-0.1, -0.05) is 6.58 Å². The Bertz CT molecular complexity index is 1590. The Kier molecular flexibility index (Phi) is 7.06. The molecule has 2 aromatic heterocycles. The van der Waals surface area contributed by atoms with Crippen molar-refractivity contribution in [1.82, 2.24) is 24.3 Å². The van der Waals surface area contributed by atoms with E-state index in [0.29, 0.717) is 50.0 Å². The summed E-state index contributed by atoms with van der Waals surface area (Å²) in [6.45, 7) is 7.40.